The van der Waals surface area contributed by atoms with E-state index in [0.29, 0.717) is 35.6 Å². The van der Waals surface area contributed by atoms with Crippen LogP contribution in [0.4, 0.5) is 19.1 Å². The highest BCUT2D eigenvalue weighted by Crippen LogP contribution is 2.49. The van der Waals surface area contributed by atoms with E-state index in [0.717, 1.165) is 0 Å². The molecule has 0 radical (unpaired) electrons. The van der Waals surface area contributed by atoms with E-state index in [9.17, 15) is 13.9 Å². The zero-order chi connectivity index (χ0) is 24.2. The number of halogens is 4. The molecule has 1 saturated heterocycles. The number of nitrogens with one attached hydrogen (secondary N) is 1. The van der Waals surface area contributed by atoms with Gasteiger partial charge in [0.2, 0.25) is 11.9 Å². The molecule has 3 aromatic rings. The highest BCUT2D eigenvalue weighted by Gasteiger charge is 2.48. The van der Waals surface area contributed by atoms with Crippen molar-refractivity contribution in [2.45, 2.75) is 63.1 Å². The van der Waals surface area contributed by atoms with Crippen molar-refractivity contribution in [3.05, 3.63) is 35.0 Å². The molecule has 7 nitrogen and oxygen atoms in total. The van der Waals surface area contributed by atoms with Crippen molar-refractivity contribution in [3.63, 3.8) is 0 Å². The number of rotatable bonds is 5. The average Bonchev–Trinajstić information content (AvgIpc) is 3.15. The van der Waals surface area contributed by atoms with Gasteiger partial charge in [0.1, 0.15) is 11.3 Å². The highest BCUT2D eigenvalue weighted by atomic mass is 35.5. The van der Waals surface area contributed by atoms with Crippen LogP contribution in [0.2, 0.25) is 5.02 Å². The van der Waals surface area contributed by atoms with Crippen molar-refractivity contribution in [2.75, 3.05) is 18.5 Å². The van der Waals surface area contributed by atoms with Crippen LogP contribution in [0, 0.1) is 5.82 Å². The van der Waals surface area contributed by atoms with E-state index in [1.54, 1.807) is 6.07 Å². The molecule has 1 aromatic carbocycles. The Hall–Kier alpha value is -2.43. The van der Waals surface area contributed by atoms with Crippen molar-refractivity contribution in [1.82, 2.24) is 19.5 Å². The molecule has 1 aliphatic carbocycles. The molecule has 5 rings (SSSR count). The summed E-state index contributed by atoms with van der Waals surface area (Å²) in [6, 6.07) is 2.62. The van der Waals surface area contributed by atoms with E-state index < -0.39 is 23.8 Å². The molecule has 2 aromatic heterocycles. The van der Waals surface area contributed by atoms with Crippen LogP contribution in [0.15, 0.2) is 18.3 Å². The molecule has 34 heavy (non-hydrogen) atoms. The summed E-state index contributed by atoms with van der Waals surface area (Å²) in [5.74, 6) is -2.98. The Kier molecular flexibility index (Phi) is 5.94. The summed E-state index contributed by atoms with van der Waals surface area (Å²) in [6.45, 7) is 4.54. The van der Waals surface area contributed by atoms with Gasteiger partial charge in [0, 0.05) is 37.0 Å². The van der Waals surface area contributed by atoms with Crippen molar-refractivity contribution in [3.8, 4) is 11.3 Å². The summed E-state index contributed by atoms with van der Waals surface area (Å²) in [4.78, 5) is 13.1. The van der Waals surface area contributed by atoms with E-state index in [-0.39, 0.29) is 48.0 Å². The number of fused-ring (bicyclic) bond motifs is 1. The Bertz CT molecular complexity index is 1230. The van der Waals surface area contributed by atoms with Crippen molar-refractivity contribution < 1.29 is 23.0 Å². The number of hydrogen-bond acceptors (Lipinski definition) is 6. The van der Waals surface area contributed by atoms with E-state index in [1.165, 1.54) is 12.3 Å². The van der Waals surface area contributed by atoms with E-state index in [4.69, 9.17) is 16.3 Å². The van der Waals surface area contributed by atoms with E-state index in [2.05, 4.69) is 20.3 Å². The summed E-state index contributed by atoms with van der Waals surface area (Å²) < 4.78 is 49.3. The number of nitrogens with zero attached hydrogens (tertiary/aromatic N) is 4. The first-order valence-electron chi connectivity index (χ1n) is 11.3. The fourth-order valence-corrected chi connectivity index (χ4v) is 4.88. The first-order chi connectivity index (χ1) is 16.1. The summed E-state index contributed by atoms with van der Waals surface area (Å²) >= 11 is 6.38. The smallest absolute Gasteiger partial charge is 0.249 e. The van der Waals surface area contributed by atoms with Gasteiger partial charge in [-0.05, 0) is 32.4 Å². The molecule has 1 aliphatic heterocycles. The monoisotopic (exact) mass is 495 g/mol. The van der Waals surface area contributed by atoms with Gasteiger partial charge in [-0.25, -0.2) is 28.1 Å². The zero-order valence-electron chi connectivity index (χ0n) is 18.7. The number of ether oxygens (including phenoxy) is 1. The molecule has 0 spiro atoms. The first kappa shape index (κ1) is 23.3. The lowest BCUT2D eigenvalue weighted by Gasteiger charge is -2.35. The molecular formula is C23H25ClF3N5O2. The summed E-state index contributed by atoms with van der Waals surface area (Å²) in [5.41, 5.74) is 1.37. The lowest BCUT2D eigenvalue weighted by Crippen LogP contribution is -2.42. The van der Waals surface area contributed by atoms with Gasteiger partial charge >= 0.3 is 0 Å². The largest absolute Gasteiger partial charge is 0.389 e. The number of imidazole rings is 1. The van der Waals surface area contributed by atoms with Crippen LogP contribution < -0.4 is 5.32 Å². The Morgan fingerprint density at radius 1 is 1.26 bits per heavy atom. The third-order valence-electron chi connectivity index (χ3n) is 6.41. The van der Waals surface area contributed by atoms with Gasteiger partial charge in [-0.2, -0.15) is 0 Å². The standard InChI is InChI=1S/C23H25ClF3N5O2/c1-11(2)32-17-6-12(5-15(25)20(17)30-21(32)13-7-23(26,27)8-13)19-14(24)9-28-22(31-19)29-16-3-4-34-10-18(16)33/h5-6,9,11,13,16,18,33H,3-4,7-8,10H2,1-2H3,(H,28,29,31)/t16-,18-/m1/s1. The SMILES string of the molecule is CC(C)n1c(C2CC(F)(F)C2)nc2c(F)cc(-c3nc(N[C@@H]4CCOC[C@H]4O)ncc3Cl)cc21. The summed E-state index contributed by atoms with van der Waals surface area (Å²) in [5, 5.41) is 13.5. The van der Waals surface area contributed by atoms with Crippen LogP contribution in [-0.4, -0.2) is 55.9 Å². The Morgan fingerprint density at radius 3 is 2.71 bits per heavy atom. The molecule has 2 atom stereocenters. The van der Waals surface area contributed by atoms with Gasteiger partial charge in [0.15, 0.2) is 5.82 Å². The fourth-order valence-electron chi connectivity index (χ4n) is 4.68. The van der Waals surface area contributed by atoms with Gasteiger partial charge in [0.05, 0.1) is 41.2 Å². The topological polar surface area (TPSA) is 85.1 Å². The number of aliphatic hydroxyl groups excluding tert-OH is 1. The Balaban J connectivity index is 1.54. The Morgan fingerprint density at radius 2 is 2.03 bits per heavy atom. The van der Waals surface area contributed by atoms with Gasteiger partial charge in [0.25, 0.3) is 0 Å². The van der Waals surface area contributed by atoms with Crippen LogP contribution in [0.25, 0.3) is 22.3 Å². The van der Waals surface area contributed by atoms with Gasteiger partial charge in [-0.3, -0.25) is 0 Å². The number of aliphatic hydroxyl groups is 1. The molecule has 0 amide bonds. The van der Waals surface area contributed by atoms with Crippen LogP contribution in [-0.2, 0) is 4.74 Å². The maximum absolute atomic E-state index is 15.2. The molecule has 2 N–H and O–H groups in total. The normalized spacial score (nSPS) is 22.8. The minimum absolute atomic E-state index is 0.114. The van der Waals surface area contributed by atoms with Crippen molar-refractivity contribution in [1.29, 1.82) is 0 Å². The molecule has 11 heteroatoms. The molecular weight excluding hydrogens is 471 g/mol. The maximum atomic E-state index is 15.2. The van der Waals surface area contributed by atoms with Crippen molar-refractivity contribution >= 4 is 28.6 Å². The number of aromatic nitrogens is 4. The van der Waals surface area contributed by atoms with Crippen LogP contribution in [0.3, 0.4) is 0 Å². The van der Waals surface area contributed by atoms with Gasteiger partial charge in [-0.15, -0.1) is 0 Å². The molecule has 0 bridgehead atoms. The van der Waals surface area contributed by atoms with Gasteiger partial charge in [-0.1, -0.05) is 11.6 Å². The van der Waals surface area contributed by atoms with E-state index in [1.807, 2.05) is 18.4 Å². The van der Waals surface area contributed by atoms with Crippen molar-refractivity contribution in [2.24, 2.45) is 0 Å². The fraction of sp³-hybridized carbons (Fsp3) is 0.522. The average molecular weight is 496 g/mol. The van der Waals surface area contributed by atoms with Crippen LogP contribution in [0.1, 0.15) is 50.9 Å². The van der Waals surface area contributed by atoms with Gasteiger partial charge < -0.3 is 19.7 Å². The molecule has 2 aliphatic rings. The second kappa shape index (κ2) is 8.66. The predicted octanol–water partition coefficient (Wildman–Crippen LogP) is 4.94. The quantitative estimate of drug-likeness (QED) is 0.521. The minimum Gasteiger partial charge on any atom is -0.389 e. The first-order valence-corrected chi connectivity index (χ1v) is 11.6. The molecule has 3 heterocycles. The molecule has 182 valence electrons. The van der Waals surface area contributed by atoms with E-state index >= 15 is 4.39 Å². The predicted molar refractivity (Wildman–Crippen MR) is 122 cm³/mol. The zero-order valence-corrected chi connectivity index (χ0v) is 19.5. The molecule has 2 fully saturated rings. The minimum atomic E-state index is -2.70. The number of benzene rings is 1. The Labute approximate surface area is 199 Å². The third-order valence-corrected chi connectivity index (χ3v) is 6.68. The lowest BCUT2D eigenvalue weighted by molar-refractivity contribution is -0.0891. The lowest BCUT2D eigenvalue weighted by atomic mass is 9.80. The molecule has 0 unspecified atom stereocenters. The maximum Gasteiger partial charge on any atom is 0.249 e. The number of alkyl halides is 2. The van der Waals surface area contributed by atoms with Crippen LogP contribution >= 0.6 is 11.6 Å². The highest BCUT2D eigenvalue weighted by molar-refractivity contribution is 6.33. The van der Waals surface area contributed by atoms with Crippen LogP contribution in [0.5, 0.6) is 0 Å². The second-order valence-corrected chi connectivity index (χ2v) is 9.70. The number of hydrogen-bond donors (Lipinski definition) is 2. The summed E-state index contributed by atoms with van der Waals surface area (Å²) in [7, 11) is 0. The second-order valence-electron chi connectivity index (χ2n) is 9.29. The number of anilines is 1. The molecule has 1 saturated carbocycles. The summed E-state index contributed by atoms with van der Waals surface area (Å²) in [6.07, 6.45) is 0.717. The third kappa shape index (κ3) is 4.23.